The molecule has 0 atom stereocenters. The maximum absolute atomic E-state index is 6.20. The van der Waals surface area contributed by atoms with E-state index in [-0.39, 0.29) is 6.61 Å². The number of H-pyrrole nitrogens is 1. The van der Waals surface area contributed by atoms with Crippen LogP contribution in [0.5, 0.6) is 11.5 Å². The van der Waals surface area contributed by atoms with E-state index in [1.165, 1.54) is 0 Å². The second-order valence-electron chi connectivity index (χ2n) is 5.50. The van der Waals surface area contributed by atoms with Crippen LogP contribution in [0.25, 0.3) is 0 Å². The second-order valence-corrected chi connectivity index (χ2v) is 7.58. The van der Waals surface area contributed by atoms with Crippen molar-refractivity contribution in [2.45, 2.75) is 13.2 Å². The molecule has 142 valence electrons. The molecule has 0 saturated carbocycles. The van der Waals surface area contributed by atoms with Gasteiger partial charge in [-0.1, -0.05) is 29.3 Å². The first kappa shape index (κ1) is 20.0. The van der Waals surface area contributed by atoms with Gasteiger partial charge in [0.05, 0.1) is 18.1 Å². The van der Waals surface area contributed by atoms with E-state index in [1.54, 1.807) is 30.2 Å². The lowest BCUT2D eigenvalue weighted by molar-refractivity contribution is 0.282. The molecule has 3 rings (SSSR count). The van der Waals surface area contributed by atoms with Gasteiger partial charge in [-0.25, -0.2) is 4.68 Å². The van der Waals surface area contributed by atoms with Crippen LogP contribution < -0.4 is 14.9 Å². The topological polar surface area (TPSA) is 64.1 Å². The van der Waals surface area contributed by atoms with Gasteiger partial charge in [-0.05, 0) is 58.0 Å². The minimum absolute atomic E-state index is 0.284. The van der Waals surface area contributed by atoms with E-state index in [4.69, 9.17) is 44.9 Å². The zero-order chi connectivity index (χ0) is 19.4. The SMILES string of the molecule is COc1cc(CNn2cn[nH]c2=S)cc(Br)c1OCc1ccc(Cl)cc1Cl. The summed E-state index contributed by atoms with van der Waals surface area (Å²) in [6, 6.07) is 9.12. The van der Waals surface area contributed by atoms with Crippen LogP contribution in [0.15, 0.2) is 41.1 Å². The first-order chi connectivity index (χ1) is 13.0. The van der Waals surface area contributed by atoms with Crippen LogP contribution in [0.3, 0.4) is 0 Å². The van der Waals surface area contributed by atoms with E-state index in [9.17, 15) is 0 Å². The van der Waals surface area contributed by atoms with Crippen LogP contribution in [-0.2, 0) is 13.2 Å². The van der Waals surface area contributed by atoms with Crippen molar-refractivity contribution in [1.82, 2.24) is 14.9 Å². The maximum atomic E-state index is 6.20. The van der Waals surface area contributed by atoms with E-state index < -0.39 is 0 Å². The summed E-state index contributed by atoms with van der Waals surface area (Å²) in [5, 5.41) is 7.68. The Bertz CT molecular complexity index is 1010. The Morgan fingerprint density at radius 1 is 1.30 bits per heavy atom. The molecule has 0 aliphatic carbocycles. The minimum atomic E-state index is 0.284. The molecule has 0 bridgehead atoms. The van der Waals surface area contributed by atoms with Gasteiger partial charge in [0.2, 0.25) is 4.77 Å². The highest BCUT2D eigenvalue weighted by Crippen LogP contribution is 2.37. The van der Waals surface area contributed by atoms with Crippen LogP contribution >= 0.6 is 51.3 Å². The molecule has 0 saturated heterocycles. The molecule has 27 heavy (non-hydrogen) atoms. The van der Waals surface area contributed by atoms with Crippen molar-refractivity contribution in [2.75, 3.05) is 12.5 Å². The lowest BCUT2D eigenvalue weighted by atomic mass is 10.2. The Morgan fingerprint density at radius 2 is 2.11 bits per heavy atom. The summed E-state index contributed by atoms with van der Waals surface area (Å²) in [5.74, 6) is 1.19. The molecule has 0 spiro atoms. The number of hydrogen-bond donors (Lipinski definition) is 2. The number of halogens is 3. The predicted octanol–water partition coefficient (Wildman–Crippen LogP) is 5.34. The molecule has 10 heteroatoms. The summed E-state index contributed by atoms with van der Waals surface area (Å²) < 4.78 is 14.3. The van der Waals surface area contributed by atoms with Crippen molar-refractivity contribution in [3.8, 4) is 11.5 Å². The Labute approximate surface area is 179 Å². The normalized spacial score (nSPS) is 10.7. The molecule has 2 aromatic carbocycles. The van der Waals surface area contributed by atoms with Crippen LogP contribution in [0.4, 0.5) is 0 Å². The fourth-order valence-corrected chi connectivity index (χ4v) is 3.57. The van der Waals surface area contributed by atoms with Gasteiger partial charge in [0.1, 0.15) is 12.9 Å². The van der Waals surface area contributed by atoms with Gasteiger partial charge in [-0.2, -0.15) is 5.10 Å². The fraction of sp³-hybridized carbons (Fsp3) is 0.176. The molecule has 0 fully saturated rings. The Hall–Kier alpha value is -1.74. The summed E-state index contributed by atoms with van der Waals surface area (Å²) in [6.45, 7) is 0.804. The summed E-state index contributed by atoms with van der Waals surface area (Å²) in [5.41, 5.74) is 4.95. The van der Waals surface area contributed by atoms with Crippen molar-refractivity contribution < 1.29 is 9.47 Å². The summed E-state index contributed by atoms with van der Waals surface area (Å²) in [6.07, 6.45) is 1.57. The zero-order valence-electron chi connectivity index (χ0n) is 14.1. The molecule has 1 aromatic heterocycles. The van der Waals surface area contributed by atoms with Crippen LogP contribution in [-0.4, -0.2) is 22.0 Å². The molecule has 3 aromatic rings. The minimum Gasteiger partial charge on any atom is -0.493 e. The van der Waals surface area contributed by atoms with Crippen molar-refractivity contribution in [3.63, 3.8) is 0 Å². The van der Waals surface area contributed by atoms with Gasteiger partial charge >= 0.3 is 0 Å². The lowest BCUT2D eigenvalue weighted by Gasteiger charge is -2.15. The Kier molecular flexibility index (Phi) is 6.64. The van der Waals surface area contributed by atoms with E-state index in [0.717, 1.165) is 15.6 Å². The number of nitrogens with one attached hydrogen (secondary N) is 2. The molecule has 0 unspecified atom stereocenters. The van der Waals surface area contributed by atoms with Crippen LogP contribution in [0, 0.1) is 4.77 Å². The van der Waals surface area contributed by atoms with Gasteiger partial charge in [-0.3, -0.25) is 5.10 Å². The number of hydrogen-bond acceptors (Lipinski definition) is 5. The quantitative estimate of drug-likeness (QED) is 0.438. The molecule has 6 nitrogen and oxygen atoms in total. The van der Waals surface area contributed by atoms with Gasteiger partial charge < -0.3 is 14.9 Å². The van der Waals surface area contributed by atoms with E-state index in [1.807, 2.05) is 18.2 Å². The third-order valence-corrected chi connectivity index (χ3v) is 5.15. The number of methoxy groups -OCH3 is 1. The molecule has 0 aliphatic heterocycles. The molecular weight excluding hydrogens is 475 g/mol. The smallest absolute Gasteiger partial charge is 0.214 e. The van der Waals surface area contributed by atoms with E-state index >= 15 is 0 Å². The van der Waals surface area contributed by atoms with Gasteiger partial charge in [-0.15, -0.1) is 0 Å². The molecular formula is C17H15BrCl2N4O2S. The highest BCUT2D eigenvalue weighted by atomic mass is 79.9. The predicted molar refractivity (Wildman–Crippen MR) is 112 cm³/mol. The maximum Gasteiger partial charge on any atom is 0.214 e. The average molecular weight is 490 g/mol. The summed E-state index contributed by atoms with van der Waals surface area (Å²) >= 11 is 20.8. The first-order valence-corrected chi connectivity index (χ1v) is 9.72. The van der Waals surface area contributed by atoms with Gasteiger partial charge in [0.15, 0.2) is 11.5 Å². The number of rotatable bonds is 7. The third kappa shape index (κ3) is 4.95. The van der Waals surface area contributed by atoms with Crippen molar-refractivity contribution in [3.05, 3.63) is 67.1 Å². The lowest BCUT2D eigenvalue weighted by Crippen LogP contribution is -2.13. The van der Waals surface area contributed by atoms with E-state index in [0.29, 0.717) is 32.9 Å². The van der Waals surface area contributed by atoms with E-state index in [2.05, 4.69) is 31.6 Å². The first-order valence-electron chi connectivity index (χ1n) is 7.77. The van der Waals surface area contributed by atoms with Crippen molar-refractivity contribution in [1.29, 1.82) is 0 Å². The summed E-state index contributed by atoms with van der Waals surface area (Å²) in [4.78, 5) is 0. The largest absolute Gasteiger partial charge is 0.493 e. The molecule has 2 N–H and O–H groups in total. The number of benzene rings is 2. The number of ether oxygens (including phenoxy) is 2. The van der Waals surface area contributed by atoms with Gasteiger partial charge in [0.25, 0.3) is 0 Å². The highest BCUT2D eigenvalue weighted by Gasteiger charge is 2.13. The standard InChI is InChI=1S/C17H15BrCl2N4O2S/c1-25-15-5-10(7-22-24-9-21-23-17(24)27)4-13(18)16(15)26-8-11-2-3-12(19)6-14(11)20/h2-6,9,22H,7-8H2,1H3,(H,23,27). The van der Waals surface area contributed by atoms with Crippen molar-refractivity contribution in [2.24, 2.45) is 0 Å². The number of aromatic amines is 1. The molecule has 0 amide bonds. The Morgan fingerprint density at radius 3 is 2.78 bits per heavy atom. The van der Waals surface area contributed by atoms with Crippen LogP contribution in [0.2, 0.25) is 10.0 Å². The summed E-state index contributed by atoms with van der Waals surface area (Å²) in [7, 11) is 1.59. The van der Waals surface area contributed by atoms with Crippen LogP contribution in [0.1, 0.15) is 11.1 Å². The highest BCUT2D eigenvalue weighted by molar-refractivity contribution is 9.10. The number of nitrogens with zero attached hydrogens (tertiary/aromatic N) is 2. The molecule has 0 radical (unpaired) electrons. The molecule has 0 aliphatic rings. The third-order valence-electron chi connectivity index (χ3n) is 3.68. The average Bonchev–Trinajstić information content (AvgIpc) is 3.05. The monoisotopic (exact) mass is 488 g/mol. The fourth-order valence-electron chi connectivity index (χ4n) is 2.34. The van der Waals surface area contributed by atoms with Gasteiger partial charge in [0, 0.05) is 15.6 Å². The number of aromatic nitrogens is 3. The zero-order valence-corrected chi connectivity index (χ0v) is 18.0. The second kappa shape index (κ2) is 8.97. The Balaban J connectivity index is 1.75. The van der Waals surface area contributed by atoms with Crippen molar-refractivity contribution >= 4 is 51.3 Å². The molecule has 1 heterocycles.